The summed E-state index contributed by atoms with van der Waals surface area (Å²) in [7, 11) is 1.62. The van der Waals surface area contributed by atoms with Gasteiger partial charge in [0.25, 0.3) is 0 Å². The lowest BCUT2D eigenvalue weighted by molar-refractivity contribution is 0.207. The van der Waals surface area contributed by atoms with Gasteiger partial charge in [0.1, 0.15) is 11.6 Å². The average molecular weight is 288 g/mol. The highest BCUT2D eigenvalue weighted by Crippen LogP contribution is 2.27. The Morgan fingerprint density at radius 2 is 1.95 bits per heavy atom. The summed E-state index contributed by atoms with van der Waals surface area (Å²) in [5.41, 5.74) is 1.03. The summed E-state index contributed by atoms with van der Waals surface area (Å²) >= 11 is 0. The van der Waals surface area contributed by atoms with Crippen molar-refractivity contribution < 1.29 is 14.3 Å². The summed E-state index contributed by atoms with van der Waals surface area (Å²) in [5, 5.41) is 12.4. The Hall–Kier alpha value is -2.56. The second-order valence-corrected chi connectivity index (χ2v) is 4.79. The first-order valence-corrected chi connectivity index (χ1v) is 6.56. The third-order valence-corrected chi connectivity index (χ3v) is 3.36. The van der Waals surface area contributed by atoms with Crippen molar-refractivity contribution in [2.24, 2.45) is 0 Å². The van der Waals surface area contributed by atoms with Crippen LogP contribution in [0.25, 0.3) is 0 Å². The molecule has 21 heavy (non-hydrogen) atoms. The molecule has 2 rings (SSSR count). The smallest absolute Gasteiger partial charge is 0.322 e. The van der Waals surface area contributed by atoms with Crippen LogP contribution in [0, 0.1) is 5.82 Å². The minimum Gasteiger partial charge on any atom is -0.508 e. The number of anilines is 1. The number of para-hydroxylation sites is 1. The molecule has 0 saturated carbocycles. The summed E-state index contributed by atoms with van der Waals surface area (Å²) in [6.45, 7) is 1.81. The minimum atomic E-state index is -0.413. The zero-order chi connectivity index (χ0) is 15.4. The molecule has 2 aromatic carbocycles. The molecule has 0 heterocycles. The van der Waals surface area contributed by atoms with E-state index in [4.69, 9.17) is 0 Å². The molecule has 0 saturated heterocycles. The maximum Gasteiger partial charge on any atom is 0.322 e. The Morgan fingerprint density at radius 3 is 2.62 bits per heavy atom. The summed E-state index contributed by atoms with van der Waals surface area (Å²) in [6.07, 6.45) is 0. The number of nitrogens with zero attached hydrogens (tertiary/aromatic N) is 1. The van der Waals surface area contributed by atoms with Crippen LogP contribution in [0.3, 0.4) is 0 Å². The van der Waals surface area contributed by atoms with Crippen LogP contribution in [-0.4, -0.2) is 23.1 Å². The zero-order valence-corrected chi connectivity index (χ0v) is 11.9. The second-order valence-electron chi connectivity index (χ2n) is 4.79. The number of halogens is 1. The van der Waals surface area contributed by atoms with Crippen molar-refractivity contribution in [1.29, 1.82) is 0 Å². The van der Waals surface area contributed by atoms with Crippen LogP contribution in [0.5, 0.6) is 5.75 Å². The zero-order valence-electron chi connectivity index (χ0n) is 11.9. The van der Waals surface area contributed by atoms with Crippen LogP contribution in [0.1, 0.15) is 18.5 Å². The molecule has 0 aliphatic heterocycles. The molecule has 0 aliphatic rings. The highest BCUT2D eigenvalue weighted by molar-refractivity contribution is 5.89. The van der Waals surface area contributed by atoms with E-state index in [9.17, 15) is 14.3 Å². The number of rotatable bonds is 3. The maximum absolute atomic E-state index is 13.1. The molecule has 0 bridgehead atoms. The van der Waals surface area contributed by atoms with E-state index in [1.165, 1.54) is 23.1 Å². The molecule has 0 aromatic heterocycles. The van der Waals surface area contributed by atoms with Gasteiger partial charge in [0.05, 0.1) is 6.04 Å². The van der Waals surface area contributed by atoms with Gasteiger partial charge in [-0.1, -0.05) is 24.3 Å². The van der Waals surface area contributed by atoms with Gasteiger partial charge in [-0.25, -0.2) is 9.18 Å². The van der Waals surface area contributed by atoms with E-state index in [0.29, 0.717) is 11.3 Å². The average Bonchev–Trinajstić information content (AvgIpc) is 2.46. The van der Waals surface area contributed by atoms with E-state index in [1.807, 2.05) is 0 Å². The quantitative estimate of drug-likeness (QED) is 0.903. The highest BCUT2D eigenvalue weighted by Gasteiger charge is 2.19. The third kappa shape index (κ3) is 3.51. The first-order chi connectivity index (χ1) is 9.99. The first-order valence-electron chi connectivity index (χ1n) is 6.56. The van der Waals surface area contributed by atoms with Crippen molar-refractivity contribution >= 4 is 11.7 Å². The molecule has 2 N–H and O–H groups in total. The largest absolute Gasteiger partial charge is 0.508 e. The molecular weight excluding hydrogens is 271 g/mol. The van der Waals surface area contributed by atoms with Crippen molar-refractivity contribution in [2.45, 2.75) is 13.0 Å². The maximum atomic E-state index is 13.1. The van der Waals surface area contributed by atoms with E-state index in [-0.39, 0.29) is 17.8 Å². The third-order valence-electron chi connectivity index (χ3n) is 3.36. The van der Waals surface area contributed by atoms with E-state index in [1.54, 1.807) is 44.3 Å². The van der Waals surface area contributed by atoms with Crippen LogP contribution in [0.4, 0.5) is 14.9 Å². The van der Waals surface area contributed by atoms with Crippen LogP contribution >= 0.6 is 0 Å². The fourth-order valence-corrected chi connectivity index (χ4v) is 2.00. The molecule has 2 amide bonds. The summed E-state index contributed by atoms with van der Waals surface area (Å²) in [4.78, 5) is 13.6. The van der Waals surface area contributed by atoms with E-state index >= 15 is 0 Å². The SMILES string of the molecule is CC(c1ccccc1O)N(C)C(=O)Nc1cccc(F)c1. The number of amides is 2. The molecule has 110 valence electrons. The van der Waals surface area contributed by atoms with E-state index < -0.39 is 5.82 Å². The van der Waals surface area contributed by atoms with Gasteiger partial charge in [0.2, 0.25) is 0 Å². The molecule has 4 nitrogen and oxygen atoms in total. The number of carbonyl (C=O) groups is 1. The van der Waals surface area contributed by atoms with Gasteiger partial charge < -0.3 is 15.3 Å². The van der Waals surface area contributed by atoms with Gasteiger partial charge >= 0.3 is 6.03 Å². The lowest BCUT2D eigenvalue weighted by Crippen LogP contribution is -2.33. The molecule has 1 atom stereocenters. The number of urea groups is 1. The Morgan fingerprint density at radius 1 is 1.24 bits per heavy atom. The van der Waals surface area contributed by atoms with E-state index in [0.717, 1.165) is 0 Å². The summed E-state index contributed by atoms with van der Waals surface area (Å²) in [5.74, 6) is -0.278. The molecule has 0 fully saturated rings. The Bertz CT molecular complexity index is 646. The first kappa shape index (κ1) is 14.8. The lowest BCUT2D eigenvalue weighted by Gasteiger charge is -2.26. The molecule has 0 spiro atoms. The number of benzene rings is 2. The number of phenolic OH excluding ortho intramolecular Hbond substituents is 1. The van der Waals surface area contributed by atoms with Crippen molar-refractivity contribution in [3.05, 3.63) is 59.9 Å². The molecule has 5 heteroatoms. The predicted octanol–water partition coefficient (Wildman–Crippen LogP) is 3.76. The van der Waals surface area contributed by atoms with Crippen LogP contribution in [-0.2, 0) is 0 Å². The number of hydrogen-bond donors (Lipinski definition) is 2. The van der Waals surface area contributed by atoms with Crippen LogP contribution in [0.15, 0.2) is 48.5 Å². The van der Waals surface area contributed by atoms with Gasteiger partial charge in [-0.2, -0.15) is 0 Å². The standard InChI is InChI=1S/C16H17FN2O2/c1-11(14-8-3-4-9-15(14)20)19(2)16(21)18-13-7-5-6-12(17)10-13/h3-11,20H,1-2H3,(H,18,21). The molecular formula is C16H17FN2O2. The summed E-state index contributed by atoms with van der Waals surface area (Å²) < 4.78 is 13.1. The van der Waals surface area contributed by atoms with Crippen molar-refractivity contribution in [2.75, 3.05) is 12.4 Å². The van der Waals surface area contributed by atoms with Gasteiger partial charge in [-0.3, -0.25) is 0 Å². The van der Waals surface area contributed by atoms with Crippen molar-refractivity contribution in [3.8, 4) is 5.75 Å². The van der Waals surface area contributed by atoms with Crippen LogP contribution in [0.2, 0.25) is 0 Å². The number of aromatic hydroxyl groups is 1. The van der Waals surface area contributed by atoms with Crippen molar-refractivity contribution in [1.82, 2.24) is 4.90 Å². The van der Waals surface area contributed by atoms with Gasteiger partial charge in [-0.15, -0.1) is 0 Å². The molecule has 0 aliphatic carbocycles. The Kier molecular flexibility index (Phi) is 4.42. The lowest BCUT2D eigenvalue weighted by atomic mass is 10.1. The highest BCUT2D eigenvalue weighted by atomic mass is 19.1. The molecule has 1 unspecified atom stereocenters. The second kappa shape index (κ2) is 6.26. The topological polar surface area (TPSA) is 52.6 Å². The normalized spacial score (nSPS) is 11.8. The molecule has 0 radical (unpaired) electrons. The number of hydrogen-bond acceptors (Lipinski definition) is 2. The van der Waals surface area contributed by atoms with Gasteiger partial charge in [-0.05, 0) is 31.2 Å². The number of nitrogens with one attached hydrogen (secondary N) is 1. The number of carbonyl (C=O) groups excluding carboxylic acids is 1. The monoisotopic (exact) mass is 288 g/mol. The Labute approximate surface area is 122 Å². The van der Waals surface area contributed by atoms with Gasteiger partial charge in [0.15, 0.2) is 0 Å². The minimum absolute atomic E-state index is 0.135. The Balaban J connectivity index is 2.10. The summed E-state index contributed by atoms with van der Waals surface area (Å²) in [6, 6.07) is 11.8. The van der Waals surface area contributed by atoms with E-state index in [2.05, 4.69) is 5.32 Å². The molecule has 2 aromatic rings. The van der Waals surface area contributed by atoms with Crippen LogP contribution < -0.4 is 5.32 Å². The fraction of sp³-hybridized carbons (Fsp3) is 0.188. The fourth-order valence-electron chi connectivity index (χ4n) is 2.00. The van der Waals surface area contributed by atoms with Crippen molar-refractivity contribution in [3.63, 3.8) is 0 Å². The predicted molar refractivity (Wildman–Crippen MR) is 79.7 cm³/mol. The van der Waals surface area contributed by atoms with Gasteiger partial charge in [0, 0.05) is 18.3 Å². The number of phenols is 1.